The average Bonchev–Trinajstić information content (AvgIpc) is 3.53. The summed E-state index contributed by atoms with van der Waals surface area (Å²) >= 11 is 0. The number of rotatable bonds is 8. The summed E-state index contributed by atoms with van der Waals surface area (Å²) in [7, 11) is 0. The van der Waals surface area contributed by atoms with E-state index in [0.717, 1.165) is 17.1 Å². The molecule has 0 N–H and O–H groups in total. The Kier molecular flexibility index (Phi) is 8.92. The summed E-state index contributed by atoms with van der Waals surface area (Å²) in [5, 5.41) is 0. The molecule has 0 saturated carbocycles. The van der Waals surface area contributed by atoms with Gasteiger partial charge in [0.25, 0.3) is 0 Å². The summed E-state index contributed by atoms with van der Waals surface area (Å²) in [6.45, 7) is 4.70. The molecule has 0 atom stereocenters. The van der Waals surface area contributed by atoms with Crippen LogP contribution >= 0.6 is 0 Å². The van der Waals surface area contributed by atoms with Gasteiger partial charge >= 0.3 is 0 Å². The fourth-order valence-electron chi connectivity index (χ4n) is 8.99. The van der Waals surface area contributed by atoms with Crippen LogP contribution in [0.2, 0.25) is 0 Å². The van der Waals surface area contributed by atoms with Crippen LogP contribution in [0.1, 0.15) is 25.0 Å². The zero-order valence-corrected chi connectivity index (χ0v) is 32.8. The lowest BCUT2D eigenvalue weighted by Gasteiger charge is -2.30. The van der Waals surface area contributed by atoms with E-state index in [9.17, 15) is 0 Å². The Morgan fingerprint density at radius 3 is 1.34 bits per heavy atom. The third-order valence-corrected chi connectivity index (χ3v) is 11.9. The van der Waals surface area contributed by atoms with Gasteiger partial charge in [0, 0.05) is 22.4 Å². The van der Waals surface area contributed by atoms with E-state index in [-0.39, 0.29) is 5.41 Å². The Balaban J connectivity index is 1.15. The Morgan fingerprint density at radius 1 is 0.293 bits per heavy atom. The zero-order valence-electron chi connectivity index (χ0n) is 32.8. The number of anilines is 3. The second-order valence-electron chi connectivity index (χ2n) is 15.7. The van der Waals surface area contributed by atoms with E-state index < -0.39 is 0 Å². The molecule has 0 bridgehead atoms. The minimum atomic E-state index is -0.0548. The van der Waals surface area contributed by atoms with Crippen LogP contribution in [-0.4, -0.2) is 0 Å². The number of hydrogen-bond acceptors (Lipinski definition) is 1. The molecule has 1 aliphatic rings. The van der Waals surface area contributed by atoms with Gasteiger partial charge in [0.05, 0.1) is 5.69 Å². The molecule has 9 aromatic carbocycles. The third-order valence-electron chi connectivity index (χ3n) is 11.9. The van der Waals surface area contributed by atoms with Gasteiger partial charge in [-0.2, -0.15) is 0 Å². The lowest BCUT2D eigenvalue weighted by atomic mass is 9.81. The maximum Gasteiger partial charge on any atom is 0.0546 e. The molecule has 0 unspecified atom stereocenters. The molecule has 9 aromatic rings. The van der Waals surface area contributed by atoms with Gasteiger partial charge in [-0.3, -0.25) is 0 Å². The molecule has 0 aromatic heterocycles. The molecular weight excluding hydrogens is 699 g/mol. The average molecular weight is 742 g/mol. The van der Waals surface area contributed by atoms with Crippen molar-refractivity contribution >= 4 is 17.1 Å². The van der Waals surface area contributed by atoms with E-state index in [1.54, 1.807) is 0 Å². The Hall–Kier alpha value is -7.22. The zero-order chi connectivity index (χ0) is 39.1. The highest BCUT2D eigenvalue weighted by Gasteiger charge is 2.35. The molecule has 0 fully saturated rings. The predicted molar refractivity (Wildman–Crippen MR) is 246 cm³/mol. The van der Waals surface area contributed by atoms with Crippen molar-refractivity contribution in [2.45, 2.75) is 19.3 Å². The first kappa shape index (κ1) is 35.2. The van der Waals surface area contributed by atoms with E-state index in [2.05, 4.69) is 243 Å². The summed E-state index contributed by atoms with van der Waals surface area (Å²) in [4.78, 5) is 2.44. The van der Waals surface area contributed by atoms with Gasteiger partial charge in [0.1, 0.15) is 0 Å². The van der Waals surface area contributed by atoms with Crippen molar-refractivity contribution in [3.63, 3.8) is 0 Å². The fourth-order valence-corrected chi connectivity index (χ4v) is 8.99. The normalized spacial score (nSPS) is 12.4. The molecular formula is C57H43N. The summed E-state index contributed by atoms with van der Waals surface area (Å²) in [6, 6.07) is 81.8. The number of hydrogen-bond donors (Lipinski definition) is 0. The van der Waals surface area contributed by atoms with E-state index in [4.69, 9.17) is 0 Å². The van der Waals surface area contributed by atoms with Crippen LogP contribution in [0.4, 0.5) is 17.1 Å². The summed E-state index contributed by atoms with van der Waals surface area (Å²) in [6.07, 6.45) is 0. The highest BCUT2D eigenvalue weighted by atomic mass is 15.1. The topological polar surface area (TPSA) is 3.24 Å². The Morgan fingerprint density at radius 2 is 0.724 bits per heavy atom. The summed E-state index contributed by atoms with van der Waals surface area (Å²) in [5.74, 6) is 0. The highest BCUT2D eigenvalue weighted by molar-refractivity contribution is 6.01. The SMILES string of the molecule is CC1(C)c2ccccc2-c2ccc(-c3ccc(N(c4ccc(-c5ccccc5)cc4)c4cccc(-c5ccccc5)c4-c4ccccc4-c4ccccc4)cc3)cc21. The lowest BCUT2D eigenvalue weighted by molar-refractivity contribution is 0.660. The van der Waals surface area contributed by atoms with Crippen molar-refractivity contribution in [1.82, 2.24) is 0 Å². The van der Waals surface area contributed by atoms with Gasteiger partial charge in [0.15, 0.2) is 0 Å². The summed E-state index contributed by atoms with van der Waals surface area (Å²) in [5.41, 5.74) is 20.7. The van der Waals surface area contributed by atoms with E-state index in [1.807, 2.05) is 0 Å². The van der Waals surface area contributed by atoms with Crippen molar-refractivity contribution in [2.75, 3.05) is 4.90 Å². The van der Waals surface area contributed by atoms with Crippen LogP contribution < -0.4 is 4.90 Å². The quantitative estimate of drug-likeness (QED) is 0.150. The van der Waals surface area contributed by atoms with E-state index in [1.165, 1.54) is 77.9 Å². The van der Waals surface area contributed by atoms with Crippen LogP contribution in [-0.2, 0) is 5.41 Å². The van der Waals surface area contributed by atoms with Crippen LogP contribution in [0.5, 0.6) is 0 Å². The van der Waals surface area contributed by atoms with Gasteiger partial charge in [-0.25, -0.2) is 0 Å². The molecule has 0 radical (unpaired) electrons. The molecule has 0 amide bonds. The molecule has 0 spiro atoms. The maximum atomic E-state index is 2.44. The smallest absolute Gasteiger partial charge is 0.0546 e. The van der Waals surface area contributed by atoms with Gasteiger partial charge in [-0.1, -0.05) is 202 Å². The van der Waals surface area contributed by atoms with Gasteiger partial charge in [0.2, 0.25) is 0 Å². The minimum Gasteiger partial charge on any atom is -0.310 e. The molecule has 58 heavy (non-hydrogen) atoms. The van der Waals surface area contributed by atoms with Crippen LogP contribution in [0.25, 0.3) is 66.8 Å². The van der Waals surface area contributed by atoms with Gasteiger partial charge in [-0.05, 0) is 109 Å². The lowest BCUT2D eigenvalue weighted by Crippen LogP contribution is -2.14. The molecule has 0 saturated heterocycles. The van der Waals surface area contributed by atoms with Gasteiger partial charge in [-0.15, -0.1) is 0 Å². The second-order valence-corrected chi connectivity index (χ2v) is 15.7. The van der Waals surface area contributed by atoms with Crippen LogP contribution in [0.3, 0.4) is 0 Å². The molecule has 10 rings (SSSR count). The number of nitrogens with zero attached hydrogens (tertiary/aromatic N) is 1. The monoisotopic (exact) mass is 741 g/mol. The van der Waals surface area contributed by atoms with Crippen molar-refractivity contribution in [3.05, 3.63) is 236 Å². The van der Waals surface area contributed by atoms with E-state index in [0.29, 0.717) is 0 Å². The number of benzene rings is 9. The van der Waals surface area contributed by atoms with Crippen LogP contribution in [0, 0.1) is 0 Å². The van der Waals surface area contributed by atoms with Crippen LogP contribution in [0.15, 0.2) is 224 Å². The summed E-state index contributed by atoms with van der Waals surface area (Å²) < 4.78 is 0. The Labute approximate surface area is 342 Å². The first-order valence-electron chi connectivity index (χ1n) is 20.2. The Bertz CT molecular complexity index is 2870. The standard InChI is InChI=1S/C57H43N/c1-57(2)53-27-15-14-24-50(53)51-38-33-45(39-54(51)57)42-31-36-47(37-32-42)58(46-34-29-41(30-35-46)40-17-6-3-7-18-40)55-28-16-26-49(44-21-10-5-11-22-44)56(55)52-25-13-12-23-48(52)43-19-8-4-9-20-43/h3-39H,1-2H3. The first-order chi connectivity index (χ1) is 28.5. The molecule has 1 nitrogen and oxygen atoms in total. The van der Waals surface area contributed by atoms with E-state index >= 15 is 0 Å². The van der Waals surface area contributed by atoms with Crippen molar-refractivity contribution in [1.29, 1.82) is 0 Å². The minimum absolute atomic E-state index is 0.0548. The molecule has 1 heteroatoms. The second kappa shape index (κ2) is 14.7. The highest BCUT2D eigenvalue weighted by Crippen LogP contribution is 2.51. The maximum absolute atomic E-state index is 2.44. The third kappa shape index (κ3) is 6.22. The van der Waals surface area contributed by atoms with Crippen molar-refractivity contribution < 1.29 is 0 Å². The molecule has 276 valence electrons. The molecule has 0 aliphatic heterocycles. The van der Waals surface area contributed by atoms with Crippen molar-refractivity contribution in [2.24, 2.45) is 0 Å². The first-order valence-corrected chi connectivity index (χ1v) is 20.2. The number of fused-ring (bicyclic) bond motifs is 3. The molecule has 0 heterocycles. The fraction of sp³-hybridized carbons (Fsp3) is 0.0526. The van der Waals surface area contributed by atoms with Gasteiger partial charge < -0.3 is 4.90 Å². The van der Waals surface area contributed by atoms with Crippen molar-refractivity contribution in [3.8, 4) is 66.8 Å². The predicted octanol–water partition coefficient (Wildman–Crippen LogP) is 15.8. The largest absolute Gasteiger partial charge is 0.310 e. The molecule has 1 aliphatic carbocycles.